The summed E-state index contributed by atoms with van der Waals surface area (Å²) in [4.78, 5) is 11.8. The van der Waals surface area contributed by atoms with Crippen molar-refractivity contribution in [1.82, 2.24) is 9.62 Å². The van der Waals surface area contributed by atoms with Gasteiger partial charge in [-0.25, -0.2) is 13.2 Å². The third-order valence-electron chi connectivity index (χ3n) is 4.81. The minimum Gasteiger partial charge on any atom is -0.465 e. The molecule has 1 heterocycles. The Morgan fingerprint density at radius 1 is 1.18 bits per heavy atom. The molecule has 0 bridgehead atoms. The summed E-state index contributed by atoms with van der Waals surface area (Å²) >= 11 is 5.92. The molecule has 0 aliphatic carbocycles. The number of halogens is 1. The lowest BCUT2D eigenvalue weighted by Gasteiger charge is -2.34. The predicted octanol–water partition coefficient (Wildman–Crippen LogP) is 3.07. The fraction of sp³-hybridized carbons (Fsp3) is 0.350. The highest BCUT2D eigenvalue weighted by atomic mass is 35.5. The number of esters is 1. The van der Waals surface area contributed by atoms with Crippen LogP contribution in [-0.4, -0.2) is 44.9 Å². The molecule has 1 atom stereocenters. The molecular weight excluding hydrogens is 400 g/mol. The first-order chi connectivity index (χ1) is 13.4. The standard InChI is InChI=1S/C20H23ClN2O4S/c1-27-20(24)16-6-4-15(5-7-16)14-23(18-3-2-12-22-13-18)28(25,26)19-10-8-17(21)9-11-19/h4-11,18,22H,2-3,12-14H2,1H3. The molecule has 1 saturated heterocycles. The lowest BCUT2D eigenvalue weighted by Crippen LogP contribution is -2.48. The zero-order chi connectivity index (χ0) is 20.1. The Morgan fingerprint density at radius 3 is 2.43 bits per heavy atom. The highest BCUT2D eigenvalue weighted by Crippen LogP contribution is 2.25. The first-order valence-corrected chi connectivity index (χ1v) is 10.9. The van der Waals surface area contributed by atoms with Crippen LogP contribution in [0, 0.1) is 0 Å². The summed E-state index contributed by atoms with van der Waals surface area (Å²) in [5.41, 5.74) is 1.23. The topological polar surface area (TPSA) is 75.7 Å². The maximum absolute atomic E-state index is 13.3. The van der Waals surface area contributed by atoms with E-state index in [9.17, 15) is 13.2 Å². The van der Waals surface area contributed by atoms with Crippen molar-refractivity contribution in [2.75, 3.05) is 20.2 Å². The van der Waals surface area contributed by atoms with Crippen molar-refractivity contribution in [3.05, 3.63) is 64.7 Å². The Bertz CT molecular complexity index is 908. The maximum Gasteiger partial charge on any atom is 0.337 e. The zero-order valence-corrected chi connectivity index (χ0v) is 17.2. The number of benzene rings is 2. The van der Waals surface area contributed by atoms with Crippen LogP contribution in [-0.2, 0) is 21.3 Å². The van der Waals surface area contributed by atoms with Gasteiger partial charge in [-0.2, -0.15) is 4.31 Å². The van der Waals surface area contributed by atoms with E-state index in [-0.39, 0.29) is 17.5 Å². The van der Waals surface area contributed by atoms with Crippen LogP contribution in [0.1, 0.15) is 28.8 Å². The highest BCUT2D eigenvalue weighted by Gasteiger charge is 2.32. The molecule has 6 nitrogen and oxygen atoms in total. The molecular formula is C20H23ClN2O4S. The summed E-state index contributed by atoms with van der Waals surface area (Å²) in [6, 6.07) is 12.9. The van der Waals surface area contributed by atoms with Gasteiger partial charge in [-0.15, -0.1) is 0 Å². The van der Waals surface area contributed by atoms with Crippen LogP contribution in [0.25, 0.3) is 0 Å². The number of nitrogens with zero attached hydrogens (tertiary/aromatic N) is 1. The summed E-state index contributed by atoms with van der Waals surface area (Å²) < 4.78 is 32.9. The van der Waals surface area contributed by atoms with E-state index in [2.05, 4.69) is 5.32 Å². The predicted molar refractivity (Wildman–Crippen MR) is 108 cm³/mol. The Hall–Kier alpha value is -1.93. The van der Waals surface area contributed by atoms with Crippen LogP contribution in [0.15, 0.2) is 53.4 Å². The molecule has 1 unspecified atom stereocenters. The number of nitrogens with one attached hydrogen (secondary N) is 1. The lowest BCUT2D eigenvalue weighted by atomic mass is 10.1. The third kappa shape index (κ3) is 4.72. The van der Waals surface area contributed by atoms with Gasteiger partial charge in [0.15, 0.2) is 0 Å². The van der Waals surface area contributed by atoms with Crippen molar-refractivity contribution in [2.45, 2.75) is 30.3 Å². The molecule has 8 heteroatoms. The normalized spacial score (nSPS) is 17.5. The molecule has 0 radical (unpaired) electrons. The van der Waals surface area contributed by atoms with E-state index in [0.29, 0.717) is 17.1 Å². The number of sulfonamides is 1. The van der Waals surface area contributed by atoms with E-state index >= 15 is 0 Å². The Labute approximate surface area is 170 Å². The summed E-state index contributed by atoms with van der Waals surface area (Å²) in [6.07, 6.45) is 1.71. The van der Waals surface area contributed by atoms with E-state index < -0.39 is 16.0 Å². The fourth-order valence-electron chi connectivity index (χ4n) is 3.28. The monoisotopic (exact) mass is 422 g/mol. The Kier molecular flexibility index (Phi) is 6.72. The van der Waals surface area contributed by atoms with Gasteiger partial charge in [-0.05, 0) is 61.3 Å². The van der Waals surface area contributed by atoms with Crippen molar-refractivity contribution in [1.29, 1.82) is 0 Å². The van der Waals surface area contributed by atoms with Crippen LogP contribution in [0.3, 0.4) is 0 Å². The summed E-state index contributed by atoms with van der Waals surface area (Å²) in [5.74, 6) is -0.423. The molecule has 0 spiro atoms. The first-order valence-electron chi connectivity index (χ1n) is 9.07. The minimum absolute atomic E-state index is 0.144. The quantitative estimate of drug-likeness (QED) is 0.724. The second-order valence-electron chi connectivity index (χ2n) is 6.69. The van der Waals surface area contributed by atoms with Gasteiger partial charge in [-0.3, -0.25) is 0 Å². The second-order valence-corrected chi connectivity index (χ2v) is 9.02. The molecule has 28 heavy (non-hydrogen) atoms. The van der Waals surface area contributed by atoms with Crippen molar-refractivity contribution >= 4 is 27.6 Å². The van der Waals surface area contributed by atoms with Crippen LogP contribution >= 0.6 is 11.6 Å². The average Bonchev–Trinajstić information content (AvgIpc) is 2.72. The van der Waals surface area contributed by atoms with Crippen LogP contribution in [0.5, 0.6) is 0 Å². The van der Waals surface area contributed by atoms with E-state index in [1.54, 1.807) is 36.4 Å². The number of piperidine rings is 1. The number of methoxy groups -OCH3 is 1. The largest absolute Gasteiger partial charge is 0.465 e. The number of carbonyl (C=O) groups is 1. The summed E-state index contributed by atoms with van der Waals surface area (Å²) in [7, 11) is -2.38. The van der Waals surface area contributed by atoms with Gasteiger partial charge in [-0.1, -0.05) is 23.7 Å². The molecule has 1 fully saturated rings. The van der Waals surface area contributed by atoms with E-state index in [4.69, 9.17) is 16.3 Å². The number of hydrogen-bond donors (Lipinski definition) is 1. The second kappa shape index (κ2) is 9.05. The number of carbonyl (C=O) groups excluding carboxylic acids is 1. The average molecular weight is 423 g/mol. The van der Waals surface area contributed by atoms with Crippen LogP contribution < -0.4 is 5.32 Å². The highest BCUT2D eigenvalue weighted by molar-refractivity contribution is 7.89. The molecule has 1 aliphatic rings. The number of hydrogen-bond acceptors (Lipinski definition) is 5. The van der Waals surface area contributed by atoms with E-state index in [1.807, 2.05) is 0 Å². The number of ether oxygens (including phenoxy) is 1. The molecule has 1 N–H and O–H groups in total. The Balaban J connectivity index is 1.90. The van der Waals surface area contributed by atoms with Crippen molar-refractivity contribution in [3.8, 4) is 0 Å². The van der Waals surface area contributed by atoms with Crippen molar-refractivity contribution < 1.29 is 17.9 Å². The van der Waals surface area contributed by atoms with Gasteiger partial charge in [0.05, 0.1) is 17.6 Å². The van der Waals surface area contributed by atoms with Crippen molar-refractivity contribution in [3.63, 3.8) is 0 Å². The third-order valence-corrected chi connectivity index (χ3v) is 6.98. The minimum atomic E-state index is -3.70. The molecule has 150 valence electrons. The molecule has 3 rings (SSSR count). The van der Waals surface area contributed by atoms with Gasteiger partial charge >= 0.3 is 5.97 Å². The van der Waals surface area contributed by atoms with Gasteiger partial charge in [0, 0.05) is 24.2 Å². The molecule has 0 aromatic heterocycles. The fourth-order valence-corrected chi connectivity index (χ4v) is 5.04. The van der Waals surface area contributed by atoms with Gasteiger partial charge in [0.2, 0.25) is 10.0 Å². The number of rotatable bonds is 6. The van der Waals surface area contributed by atoms with Crippen LogP contribution in [0.4, 0.5) is 0 Å². The summed E-state index contributed by atoms with van der Waals surface area (Å²) in [6.45, 7) is 1.71. The summed E-state index contributed by atoms with van der Waals surface area (Å²) in [5, 5.41) is 3.77. The van der Waals surface area contributed by atoms with E-state index in [1.165, 1.54) is 23.5 Å². The molecule has 0 saturated carbocycles. The Morgan fingerprint density at radius 2 is 1.86 bits per heavy atom. The smallest absolute Gasteiger partial charge is 0.337 e. The molecule has 2 aromatic carbocycles. The van der Waals surface area contributed by atoms with Crippen molar-refractivity contribution in [2.24, 2.45) is 0 Å². The lowest BCUT2D eigenvalue weighted by molar-refractivity contribution is 0.0600. The molecule has 2 aromatic rings. The van der Waals surface area contributed by atoms with Gasteiger partial charge in [0.25, 0.3) is 0 Å². The van der Waals surface area contributed by atoms with Crippen LogP contribution in [0.2, 0.25) is 5.02 Å². The molecule has 1 aliphatic heterocycles. The SMILES string of the molecule is COC(=O)c1ccc(CN(C2CCCNC2)S(=O)(=O)c2ccc(Cl)cc2)cc1. The first kappa shape index (κ1) is 20.8. The molecule has 0 amide bonds. The zero-order valence-electron chi connectivity index (χ0n) is 15.6. The van der Waals surface area contributed by atoms with Gasteiger partial charge in [0.1, 0.15) is 0 Å². The van der Waals surface area contributed by atoms with E-state index in [0.717, 1.165) is 24.9 Å². The van der Waals surface area contributed by atoms with Gasteiger partial charge < -0.3 is 10.1 Å². The maximum atomic E-state index is 13.3.